The Hall–Kier alpha value is -4.05. The second kappa shape index (κ2) is 10.3. The molecule has 0 spiro atoms. The first-order valence-electron chi connectivity index (χ1n) is 10.3. The lowest BCUT2D eigenvalue weighted by molar-refractivity contribution is -0.384. The van der Waals surface area contributed by atoms with Gasteiger partial charge in [-0.2, -0.15) is 0 Å². The van der Waals surface area contributed by atoms with E-state index in [4.69, 9.17) is 9.47 Å². The zero-order chi connectivity index (χ0) is 24.1. The van der Waals surface area contributed by atoms with E-state index < -0.39 is 4.92 Å². The minimum absolute atomic E-state index is 0.0500. The number of carbonyl (C=O) groups is 1. The van der Waals surface area contributed by atoms with Crippen LogP contribution in [0.2, 0.25) is 0 Å². The summed E-state index contributed by atoms with van der Waals surface area (Å²) in [5.41, 5.74) is 2.76. The van der Waals surface area contributed by atoms with Crippen molar-refractivity contribution in [3.8, 4) is 17.2 Å². The van der Waals surface area contributed by atoms with Crippen molar-refractivity contribution in [1.29, 1.82) is 0 Å². The number of benzene rings is 3. The molecular formula is C24H22N4O5S. The van der Waals surface area contributed by atoms with Gasteiger partial charge in [0.1, 0.15) is 11.5 Å². The highest BCUT2D eigenvalue weighted by molar-refractivity contribution is 7.99. The Morgan fingerprint density at radius 1 is 1.09 bits per heavy atom. The fourth-order valence-electron chi connectivity index (χ4n) is 3.43. The highest BCUT2D eigenvalue weighted by Crippen LogP contribution is 2.33. The predicted molar refractivity (Wildman–Crippen MR) is 130 cm³/mol. The lowest BCUT2D eigenvalue weighted by atomic mass is 10.2. The van der Waals surface area contributed by atoms with Crippen LogP contribution in [0.25, 0.3) is 16.7 Å². The average Bonchev–Trinajstić information content (AvgIpc) is 3.23. The van der Waals surface area contributed by atoms with Gasteiger partial charge < -0.3 is 14.8 Å². The molecular weight excluding hydrogens is 456 g/mol. The summed E-state index contributed by atoms with van der Waals surface area (Å²) in [5.74, 6) is 1.33. The van der Waals surface area contributed by atoms with Crippen LogP contribution in [-0.4, -0.2) is 40.4 Å². The number of methoxy groups -OCH3 is 2. The molecule has 0 radical (unpaired) electrons. The summed E-state index contributed by atoms with van der Waals surface area (Å²) >= 11 is 1.24. The predicted octanol–water partition coefficient (Wildman–Crippen LogP) is 4.36. The maximum atomic E-state index is 12.5. The molecule has 0 saturated carbocycles. The van der Waals surface area contributed by atoms with Crippen molar-refractivity contribution < 1.29 is 19.2 Å². The third kappa shape index (κ3) is 4.96. The van der Waals surface area contributed by atoms with E-state index in [1.54, 1.807) is 20.3 Å². The molecule has 0 unspecified atom stereocenters. The van der Waals surface area contributed by atoms with Gasteiger partial charge in [0.05, 0.1) is 41.6 Å². The van der Waals surface area contributed by atoms with Crippen LogP contribution in [-0.2, 0) is 11.3 Å². The Kier molecular flexibility index (Phi) is 6.98. The third-order valence-electron chi connectivity index (χ3n) is 5.13. The summed E-state index contributed by atoms with van der Waals surface area (Å²) in [6.07, 6.45) is 0. The Morgan fingerprint density at radius 3 is 2.56 bits per heavy atom. The molecule has 174 valence electrons. The summed E-state index contributed by atoms with van der Waals surface area (Å²) in [6, 6.07) is 19.4. The zero-order valence-electron chi connectivity index (χ0n) is 18.6. The molecule has 0 aliphatic carbocycles. The van der Waals surface area contributed by atoms with Crippen LogP contribution >= 0.6 is 11.8 Å². The smallest absolute Gasteiger partial charge is 0.271 e. The van der Waals surface area contributed by atoms with Crippen molar-refractivity contribution in [3.63, 3.8) is 0 Å². The van der Waals surface area contributed by atoms with Crippen molar-refractivity contribution in [3.05, 3.63) is 82.4 Å². The summed E-state index contributed by atoms with van der Waals surface area (Å²) in [4.78, 5) is 27.9. The second-order valence-corrected chi connectivity index (χ2v) is 8.19. The largest absolute Gasteiger partial charge is 0.497 e. The first-order valence-corrected chi connectivity index (χ1v) is 11.3. The van der Waals surface area contributed by atoms with Crippen molar-refractivity contribution in [1.82, 2.24) is 14.9 Å². The molecule has 4 aromatic rings. The van der Waals surface area contributed by atoms with E-state index in [1.807, 2.05) is 53.1 Å². The number of rotatable bonds is 9. The second-order valence-electron chi connectivity index (χ2n) is 7.25. The number of nitro benzene ring substituents is 1. The average molecular weight is 479 g/mol. The first kappa shape index (κ1) is 23.1. The van der Waals surface area contributed by atoms with Gasteiger partial charge in [-0.15, -0.1) is 0 Å². The van der Waals surface area contributed by atoms with E-state index in [2.05, 4.69) is 10.3 Å². The first-order chi connectivity index (χ1) is 16.5. The monoisotopic (exact) mass is 478 g/mol. The van der Waals surface area contributed by atoms with Gasteiger partial charge in [0.25, 0.3) is 5.69 Å². The van der Waals surface area contributed by atoms with Gasteiger partial charge in [0, 0.05) is 18.7 Å². The van der Waals surface area contributed by atoms with E-state index in [-0.39, 0.29) is 17.3 Å². The minimum atomic E-state index is -0.457. The number of ether oxygens (including phenoxy) is 2. The Balaban J connectivity index is 1.58. The van der Waals surface area contributed by atoms with Crippen molar-refractivity contribution in [2.45, 2.75) is 11.7 Å². The molecule has 4 rings (SSSR count). The number of nitrogens with one attached hydrogen (secondary N) is 1. The number of amides is 1. The van der Waals surface area contributed by atoms with Crippen LogP contribution in [0.5, 0.6) is 11.5 Å². The quantitative estimate of drug-likeness (QED) is 0.216. The number of nitro groups is 1. The molecule has 1 heterocycles. The number of hydrogen-bond acceptors (Lipinski definition) is 7. The molecule has 1 N–H and O–H groups in total. The van der Waals surface area contributed by atoms with E-state index in [1.165, 1.54) is 23.9 Å². The number of para-hydroxylation sites is 2. The van der Waals surface area contributed by atoms with Crippen LogP contribution in [0.1, 0.15) is 5.56 Å². The zero-order valence-corrected chi connectivity index (χ0v) is 19.4. The van der Waals surface area contributed by atoms with Crippen molar-refractivity contribution >= 4 is 34.4 Å². The van der Waals surface area contributed by atoms with Gasteiger partial charge in [-0.1, -0.05) is 36.0 Å². The molecule has 0 aliphatic heterocycles. The molecule has 1 amide bonds. The van der Waals surface area contributed by atoms with Gasteiger partial charge in [-0.25, -0.2) is 4.98 Å². The van der Waals surface area contributed by atoms with Crippen LogP contribution in [0, 0.1) is 10.1 Å². The number of hydrogen-bond donors (Lipinski definition) is 1. The standard InChI is InChI=1S/C24H22N4O5S/c1-32-18-10-7-16(8-11-18)14-25-23(29)15-34-24-26-19-13-17(28(30)31)9-12-20(19)27(24)21-5-3-4-6-22(21)33-2/h3-13H,14-15H2,1-2H3,(H,25,29). The summed E-state index contributed by atoms with van der Waals surface area (Å²) in [7, 11) is 3.17. The van der Waals surface area contributed by atoms with Crippen LogP contribution in [0.4, 0.5) is 5.69 Å². The van der Waals surface area contributed by atoms with E-state index in [9.17, 15) is 14.9 Å². The molecule has 0 bridgehead atoms. The van der Waals surface area contributed by atoms with Crippen molar-refractivity contribution in [2.24, 2.45) is 0 Å². The number of carbonyl (C=O) groups excluding carboxylic acids is 1. The van der Waals surface area contributed by atoms with Gasteiger partial charge in [0.2, 0.25) is 5.91 Å². The number of imidazole rings is 1. The lowest BCUT2D eigenvalue weighted by Crippen LogP contribution is -2.24. The van der Waals surface area contributed by atoms with Crippen LogP contribution in [0.3, 0.4) is 0 Å². The molecule has 0 fully saturated rings. The van der Waals surface area contributed by atoms with Gasteiger partial charge in [-0.3, -0.25) is 19.5 Å². The number of non-ortho nitro benzene ring substituents is 1. The minimum Gasteiger partial charge on any atom is -0.497 e. The van der Waals surface area contributed by atoms with E-state index >= 15 is 0 Å². The van der Waals surface area contributed by atoms with Gasteiger partial charge >= 0.3 is 0 Å². The fourth-order valence-corrected chi connectivity index (χ4v) is 4.28. The molecule has 1 aromatic heterocycles. The highest BCUT2D eigenvalue weighted by Gasteiger charge is 2.19. The number of thioether (sulfide) groups is 1. The SMILES string of the molecule is COc1ccc(CNC(=O)CSc2nc3cc([N+](=O)[O-])ccc3n2-c2ccccc2OC)cc1. The topological polar surface area (TPSA) is 109 Å². The summed E-state index contributed by atoms with van der Waals surface area (Å²) in [6.45, 7) is 0.387. The number of nitrogens with zero attached hydrogens (tertiary/aromatic N) is 3. The Bertz CT molecular complexity index is 1340. The summed E-state index contributed by atoms with van der Waals surface area (Å²) in [5, 5.41) is 14.7. The molecule has 0 atom stereocenters. The molecule has 3 aromatic carbocycles. The molecule has 0 aliphatic rings. The number of aromatic nitrogens is 2. The van der Waals surface area contributed by atoms with E-state index in [0.717, 1.165) is 17.0 Å². The third-order valence-corrected chi connectivity index (χ3v) is 6.06. The van der Waals surface area contributed by atoms with Crippen molar-refractivity contribution in [2.75, 3.05) is 20.0 Å². The Labute approximate surface area is 199 Å². The molecule has 34 heavy (non-hydrogen) atoms. The molecule has 9 nitrogen and oxygen atoms in total. The Morgan fingerprint density at radius 2 is 1.85 bits per heavy atom. The van der Waals surface area contributed by atoms with Gasteiger partial charge in [-0.05, 0) is 35.9 Å². The van der Waals surface area contributed by atoms with E-state index in [0.29, 0.717) is 28.5 Å². The lowest BCUT2D eigenvalue weighted by Gasteiger charge is -2.13. The fraction of sp³-hybridized carbons (Fsp3) is 0.167. The maximum Gasteiger partial charge on any atom is 0.271 e. The normalized spacial score (nSPS) is 10.8. The highest BCUT2D eigenvalue weighted by atomic mass is 32.2. The molecule has 10 heteroatoms. The van der Waals surface area contributed by atoms with Gasteiger partial charge in [0.15, 0.2) is 5.16 Å². The van der Waals surface area contributed by atoms with Crippen LogP contribution in [0.15, 0.2) is 71.9 Å². The summed E-state index contributed by atoms with van der Waals surface area (Å²) < 4.78 is 12.5. The van der Waals surface area contributed by atoms with Crippen LogP contribution < -0.4 is 14.8 Å². The molecule has 0 saturated heterocycles. The maximum absolute atomic E-state index is 12.5. The number of fused-ring (bicyclic) bond motifs is 1.